The van der Waals surface area contributed by atoms with E-state index in [-0.39, 0.29) is 0 Å². The fourth-order valence-corrected chi connectivity index (χ4v) is 4.49. The van der Waals surface area contributed by atoms with Crippen LogP contribution in [0.2, 0.25) is 0 Å². The molecular formula is C11H20N2S. The third-order valence-electron chi connectivity index (χ3n) is 4.21. The number of thioether (sulfide) groups is 1. The minimum atomic E-state index is 0.466. The molecule has 3 fully saturated rings. The fourth-order valence-electron chi connectivity index (χ4n) is 2.99. The van der Waals surface area contributed by atoms with Gasteiger partial charge in [0.05, 0.1) is 0 Å². The molecule has 2 heterocycles. The van der Waals surface area contributed by atoms with Crippen molar-refractivity contribution in [2.75, 3.05) is 18.8 Å². The first kappa shape index (κ1) is 9.49. The van der Waals surface area contributed by atoms with E-state index in [9.17, 15) is 0 Å². The van der Waals surface area contributed by atoms with Gasteiger partial charge in [0.15, 0.2) is 0 Å². The molecule has 1 aliphatic carbocycles. The van der Waals surface area contributed by atoms with Crippen LogP contribution in [0.3, 0.4) is 0 Å². The topological polar surface area (TPSA) is 29.3 Å². The summed E-state index contributed by atoms with van der Waals surface area (Å²) in [7, 11) is 0. The summed E-state index contributed by atoms with van der Waals surface area (Å²) in [4.78, 5) is 2.66. The number of likely N-dealkylation sites (tertiary alicyclic amines) is 1. The molecule has 3 aliphatic rings. The van der Waals surface area contributed by atoms with E-state index in [1.54, 1.807) is 0 Å². The van der Waals surface area contributed by atoms with Gasteiger partial charge >= 0.3 is 0 Å². The number of rotatable bonds is 3. The summed E-state index contributed by atoms with van der Waals surface area (Å²) < 4.78 is 0. The van der Waals surface area contributed by atoms with Crippen molar-refractivity contribution in [2.24, 2.45) is 11.7 Å². The highest BCUT2D eigenvalue weighted by molar-refractivity contribution is 8.00. The molecule has 0 spiro atoms. The number of hydrogen-bond acceptors (Lipinski definition) is 3. The molecule has 80 valence electrons. The minimum absolute atomic E-state index is 0.466. The molecule has 2 aliphatic heterocycles. The van der Waals surface area contributed by atoms with Crippen LogP contribution in [0.5, 0.6) is 0 Å². The molecule has 0 aromatic carbocycles. The van der Waals surface area contributed by atoms with E-state index in [1.165, 1.54) is 44.5 Å². The first-order chi connectivity index (χ1) is 6.83. The molecule has 0 aromatic heterocycles. The normalized spacial score (nSPS) is 40.1. The predicted molar refractivity (Wildman–Crippen MR) is 61.5 cm³/mol. The first-order valence-electron chi connectivity index (χ1n) is 5.94. The SMILES string of the molecule is NC(CN1CC2CC1CS2)C1CCC1. The highest BCUT2D eigenvalue weighted by Crippen LogP contribution is 2.38. The Morgan fingerprint density at radius 2 is 2.29 bits per heavy atom. The Balaban J connectivity index is 1.52. The van der Waals surface area contributed by atoms with Crippen molar-refractivity contribution < 1.29 is 0 Å². The van der Waals surface area contributed by atoms with E-state index in [1.807, 2.05) is 0 Å². The highest BCUT2D eigenvalue weighted by Gasteiger charge is 2.39. The van der Waals surface area contributed by atoms with Gasteiger partial charge in [0.1, 0.15) is 0 Å². The number of fused-ring (bicyclic) bond motifs is 2. The molecule has 14 heavy (non-hydrogen) atoms. The van der Waals surface area contributed by atoms with Crippen LogP contribution in [-0.2, 0) is 0 Å². The second-order valence-corrected chi connectivity index (χ2v) is 6.49. The molecule has 0 amide bonds. The summed E-state index contributed by atoms with van der Waals surface area (Å²) in [5, 5.41) is 0.939. The average Bonchev–Trinajstić information content (AvgIpc) is 2.60. The summed E-state index contributed by atoms with van der Waals surface area (Å²) >= 11 is 2.17. The van der Waals surface area contributed by atoms with Crippen LogP contribution >= 0.6 is 11.8 Å². The van der Waals surface area contributed by atoms with Gasteiger partial charge in [-0.2, -0.15) is 11.8 Å². The average molecular weight is 212 g/mol. The van der Waals surface area contributed by atoms with Crippen molar-refractivity contribution in [1.29, 1.82) is 0 Å². The lowest BCUT2D eigenvalue weighted by Gasteiger charge is -2.36. The zero-order valence-corrected chi connectivity index (χ0v) is 9.51. The number of nitrogens with zero attached hydrogens (tertiary/aromatic N) is 1. The Labute approximate surface area is 90.6 Å². The van der Waals surface area contributed by atoms with Crippen molar-refractivity contribution >= 4 is 11.8 Å². The quantitative estimate of drug-likeness (QED) is 0.765. The molecule has 0 radical (unpaired) electrons. The molecule has 0 aromatic rings. The Bertz CT molecular complexity index is 217. The first-order valence-corrected chi connectivity index (χ1v) is 6.99. The van der Waals surface area contributed by atoms with Gasteiger partial charge < -0.3 is 5.73 Å². The molecule has 2 saturated heterocycles. The third-order valence-corrected chi connectivity index (χ3v) is 5.60. The molecule has 2 bridgehead atoms. The Morgan fingerprint density at radius 3 is 2.79 bits per heavy atom. The lowest BCUT2D eigenvalue weighted by molar-refractivity contribution is 0.182. The molecule has 2 N–H and O–H groups in total. The van der Waals surface area contributed by atoms with Crippen molar-refractivity contribution in [1.82, 2.24) is 4.90 Å². The van der Waals surface area contributed by atoms with Crippen LogP contribution in [0.1, 0.15) is 25.7 Å². The van der Waals surface area contributed by atoms with Crippen molar-refractivity contribution in [3.05, 3.63) is 0 Å². The standard InChI is InChI=1S/C11H20N2S/c12-11(8-2-1-3-8)6-13-5-10-4-9(13)7-14-10/h8-11H,1-7,12H2. The lowest BCUT2D eigenvalue weighted by Crippen LogP contribution is -2.47. The van der Waals surface area contributed by atoms with E-state index < -0.39 is 0 Å². The molecule has 1 saturated carbocycles. The summed E-state index contributed by atoms with van der Waals surface area (Å²) in [6.07, 6.45) is 5.62. The van der Waals surface area contributed by atoms with Crippen molar-refractivity contribution in [3.63, 3.8) is 0 Å². The fraction of sp³-hybridized carbons (Fsp3) is 1.00. The minimum Gasteiger partial charge on any atom is -0.326 e. The second kappa shape index (κ2) is 3.69. The van der Waals surface area contributed by atoms with E-state index >= 15 is 0 Å². The van der Waals surface area contributed by atoms with Gasteiger partial charge in [0, 0.05) is 36.2 Å². The second-order valence-electron chi connectivity index (χ2n) is 5.15. The third kappa shape index (κ3) is 1.59. The van der Waals surface area contributed by atoms with Gasteiger partial charge in [-0.3, -0.25) is 4.90 Å². The lowest BCUT2D eigenvalue weighted by atomic mass is 9.80. The van der Waals surface area contributed by atoms with E-state index in [2.05, 4.69) is 16.7 Å². The maximum atomic E-state index is 6.24. The summed E-state index contributed by atoms with van der Waals surface area (Å²) in [5.74, 6) is 2.21. The zero-order chi connectivity index (χ0) is 9.54. The number of nitrogens with two attached hydrogens (primary N) is 1. The highest BCUT2D eigenvalue weighted by atomic mass is 32.2. The largest absolute Gasteiger partial charge is 0.326 e. The molecular weight excluding hydrogens is 192 g/mol. The molecule has 3 heteroatoms. The van der Waals surface area contributed by atoms with Gasteiger partial charge in [0.25, 0.3) is 0 Å². The van der Waals surface area contributed by atoms with Crippen LogP contribution in [-0.4, -0.2) is 41.1 Å². The van der Waals surface area contributed by atoms with Crippen molar-refractivity contribution in [3.8, 4) is 0 Å². The van der Waals surface area contributed by atoms with Crippen LogP contribution < -0.4 is 5.73 Å². The maximum absolute atomic E-state index is 6.24. The monoisotopic (exact) mass is 212 g/mol. The van der Waals surface area contributed by atoms with Crippen LogP contribution in [0.15, 0.2) is 0 Å². The molecule has 3 rings (SSSR count). The van der Waals surface area contributed by atoms with E-state index in [0.717, 1.165) is 17.2 Å². The van der Waals surface area contributed by atoms with Gasteiger partial charge in [-0.25, -0.2) is 0 Å². The molecule has 2 nitrogen and oxygen atoms in total. The van der Waals surface area contributed by atoms with Gasteiger partial charge in [-0.05, 0) is 25.2 Å². The number of hydrogen-bond donors (Lipinski definition) is 1. The summed E-state index contributed by atoms with van der Waals surface area (Å²) in [5.41, 5.74) is 6.24. The summed E-state index contributed by atoms with van der Waals surface area (Å²) in [6.45, 7) is 2.49. The molecule has 3 atom stereocenters. The van der Waals surface area contributed by atoms with Gasteiger partial charge in [0.2, 0.25) is 0 Å². The predicted octanol–water partition coefficient (Wildman–Crippen LogP) is 1.30. The Morgan fingerprint density at radius 1 is 1.43 bits per heavy atom. The maximum Gasteiger partial charge on any atom is 0.0198 e. The molecule has 3 unspecified atom stereocenters. The van der Waals surface area contributed by atoms with Crippen LogP contribution in [0.25, 0.3) is 0 Å². The Kier molecular flexibility index (Phi) is 2.50. The Hall–Kier alpha value is 0.270. The van der Waals surface area contributed by atoms with Gasteiger partial charge in [-0.15, -0.1) is 0 Å². The van der Waals surface area contributed by atoms with Crippen LogP contribution in [0.4, 0.5) is 0 Å². The van der Waals surface area contributed by atoms with E-state index in [0.29, 0.717) is 6.04 Å². The van der Waals surface area contributed by atoms with E-state index in [4.69, 9.17) is 5.73 Å². The smallest absolute Gasteiger partial charge is 0.0198 e. The zero-order valence-electron chi connectivity index (χ0n) is 8.69. The summed E-state index contributed by atoms with van der Waals surface area (Å²) in [6, 6.07) is 1.34. The van der Waals surface area contributed by atoms with Crippen LogP contribution in [0, 0.1) is 5.92 Å². The van der Waals surface area contributed by atoms with Gasteiger partial charge in [-0.1, -0.05) is 6.42 Å². The van der Waals surface area contributed by atoms with Crippen molar-refractivity contribution in [2.45, 2.75) is 43.0 Å².